The minimum Gasteiger partial charge on any atom is -0.492 e. The summed E-state index contributed by atoms with van der Waals surface area (Å²) in [5.41, 5.74) is 1.47. The summed E-state index contributed by atoms with van der Waals surface area (Å²) >= 11 is 0. The van der Waals surface area contributed by atoms with Crippen LogP contribution in [-0.4, -0.2) is 36.5 Å². The molecule has 3 rings (SSSR count). The summed E-state index contributed by atoms with van der Waals surface area (Å²) in [6.07, 6.45) is 5.89. The Labute approximate surface area is 139 Å². The fourth-order valence-electron chi connectivity index (χ4n) is 2.13. The van der Waals surface area contributed by atoms with Gasteiger partial charge in [-0.15, -0.1) is 0 Å². The number of carbonyl (C=O) groups is 1. The highest BCUT2D eigenvalue weighted by molar-refractivity contribution is 5.74. The molecule has 0 spiro atoms. The lowest BCUT2D eigenvalue weighted by Gasteiger charge is -2.17. The van der Waals surface area contributed by atoms with E-state index < -0.39 is 0 Å². The third-order valence-corrected chi connectivity index (χ3v) is 3.50. The summed E-state index contributed by atoms with van der Waals surface area (Å²) in [6.45, 7) is 1.12. The number of furan rings is 1. The molecule has 0 atom stereocenters. The van der Waals surface area contributed by atoms with Gasteiger partial charge >= 0.3 is 0 Å². The largest absolute Gasteiger partial charge is 0.492 e. The second-order valence-electron chi connectivity index (χ2n) is 5.21. The molecule has 6 nitrogen and oxygen atoms in total. The Morgan fingerprint density at radius 2 is 1.92 bits per heavy atom. The van der Waals surface area contributed by atoms with Crippen molar-refractivity contribution in [1.29, 1.82) is 0 Å². The highest BCUT2D eigenvalue weighted by Gasteiger charge is 2.07. The average molecular weight is 323 g/mol. The Bertz CT molecular complexity index is 768. The van der Waals surface area contributed by atoms with Gasteiger partial charge in [0.05, 0.1) is 18.4 Å². The van der Waals surface area contributed by atoms with Crippen LogP contribution in [-0.2, 0) is 0 Å². The van der Waals surface area contributed by atoms with E-state index >= 15 is 0 Å². The number of ether oxygens (including phenoxy) is 1. The van der Waals surface area contributed by atoms with Gasteiger partial charge < -0.3 is 14.1 Å². The van der Waals surface area contributed by atoms with Crippen molar-refractivity contribution < 1.29 is 13.9 Å². The van der Waals surface area contributed by atoms with Crippen molar-refractivity contribution >= 4 is 12.2 Å². The van der Waals surface area contributed by atoms with Gasteiger partial charge in [-0.3, -0.25) is 4.79 Å². The number of benzene rings is 1. The number of hydrogen-bond donors (Lipinski definition) is 0. The molecule has 6 heteroatoms. The molecule has 0 bridgehead atoms. The van der Waals surface area contributed by atoms with Crippen LogP contribution in [0.25, 0.3) is 11.3 Å². The lowest BCUT2D eigenvalue weighted by molar-refractivity contribution is 0.112. The average Bonchev–Trinajstić information content (AvgIpc) is 3.17. The third-order valence-electron chi connectivity index (χ3n) is 3.50. The van der Waals surface area contributed by atoms with E-state index in [0.717, 1.165) is 23.4 Å². The molecule has 0 aliphatic rings. The van der Waals surface area contributed by atoms with Crippen LogP contribution in [0.1, 0.15) is 10.4 Å². The number of carbonyl (C=O) groups excluding carboxylic acids is 1. The third kappa shape index (κ3) is 3.78. The molecule has 3 aromatic rings. The maximum Gasteiger partial charge on any atom is 0.225 e. The molecule has 0 saturated heterocycles. The first-order chi connectivity index (χ1) is 11.8. The molecule has 2 aromatic heterocycles. The predicted octanol–water partition coefficient (Wildman–Crippen LogP) is 3.06. The second kappa shape index (κ2) is 7.41. The van der Waals surface area contributed by atoms with Crippen molar-refractivity contribution in [3.05, 3.63) is 60.6 Å². The zero-order valence-corrected chi connectivity index (χ0v) is 13.3. The van der Waals surface area contributed by atoms with Gasteiger partial charge in [0, 0.05) is 25.0 Å². The fourth-order valence-corrected chi connectivity index (χ4v) is 2.13. The van der Waals surface area contributed by atoms with Crippen molar-refractivity contribution in [3.63, 3.8) is 0 Å². The molecule has 0 amide bonds. The van der Waals surface area contributed by atoms with E-state index in [2.05, 4.69) is 9.97 Å². The van der Waals surface area contributed by atoms with E-state index in [0.29, 0.717) is 24.7 Å². The quantitative estimate of drug-likeness (QED) is 0.623. The zero-order valence-electron chi connectivity index (χ0n) is 13.3. The molecule has 0 aliphatic heterocycles. The van der Waals surface area contributed by atoms with Gasteiger partial charge in [0.2, 0.25) is 5.95 Å². The van der Waals surface area contributed by atoms with E-state index in [1.165, 1.54) is 0 Å². The van der Waals surface area contributed by atoms with E-state index in [4.69, 9.17) is 9.15 Å². The van der Waals surface area contributed by atoms with Gasteiger partial charge in [-0.2, -0.15) is 0 Å². The van der Waals surface area contributed by atoms with E-state index in [9.17, 15) is 4.79 Å². The van der Waals surface area contributed by atoms with Crippen molar-refractivity contribution in [2.24, 2.45) is 0 Å². The number of nitrogens with zero attached hydrogens (tertiary/aromatic N) is 3. The molecule has 0 N–H and O–H groups in total. The monoisotopic (exact) mass is 323 g/mol. The van der Waals surface area contributed by atoms with Crippen LogP contribution in [0, 0.1) is 0 Å². The van der Waals surface area contributed by atoms with Crippen molar-refractivity contribution in [1.82, 2.24) is 9.97 Å². The van der Waals surface area contributed by atoms with Gasteiger partial charge in [-0.1, -0.05) is 0 Å². The maximum atomic E-state index is 10.6. The predicted molar refractivity (Wildman–Crippen MR) is 90.3 cm³/mol. The minimum atomic E-state index is 0.486. The number of aromatic nitrogens is 2. The van der Waals surface area contributed by atoms with E-state index in [1.54, 1.807) is 42.9 Å². The van der Waals surface area contributed by atoms with Crippen LogP contribution in [0.5, 0.6) is 5.75 Å². The topological polar surface area (TPSA) is 68.5 Å². The summed E-state index contributed by atoms with van der Waals surface area (Å²) in [6, 6.07) is 10.7. The smallest absolute Gasteiger partial charge is 0.225 e. The summed E-state index contributed by atoms with van der Waals surface area (Å²) in [7, 11) is 1.90. The Kier molecular flexibility index (Phi) is 4.86. The van der Waals surface area contributed by atoms with Crippen LogP contribution in [0.2, 0.25) is 0 Å². The van der Waals surface area contributed by atoms with Crippen LogP contribution in [0.15, 0.2) is 59.5 Å². The van der Waals surface area contributed by atoms with Gasteiger partial charge in [0.15, 0.2) is 0 Å². The molecular formula is C18H17N3O3. The molecule has 24 heavy (non-hydrogen) atoms. The first kappa shape index (κ1) is 15.7. The lowest BCUT2D eigenvalue weighted by Crippen LogP contribution is -2.25. The van der Waals surface area contributed by atoms with Gasteiger partial charge in [0.1, 0.15) is 24.4 Å². The standard InChI is InChI=1S/C18H17N3O3/c1-21(8-10-23-16-6-4-14(13-22)5-7-16)18-19-11-15(12-20-18)17-3-2-9-24-17/h2-7,9,11-13H,8,10H2,1H3. The number of aldehydes is 1. The summed E-state index contributed by atoms with van der Waals surface area (Å²) in [4.78, 5) is 21.2. The molecule has 0 aliphatic carbocycles. The molecule has 0 fully saturated rings. The highest BCUT2D eigenvalue weighted by Crippen LogP contribution is 2.19. The number of hydrogen-bond acceptors (Lipinski definition) is 6. The van der Waals surface area contributed by atoms with Crippen molar-refractivity contribution in [3.8, 4) is 17.1 Å². The molecule has 0 saturated carbocycles. The fraction of sp³-hybridized carbons (Fsp3) is 0.167. The summed E-state index contributed by atoms with van der Waals surface area (Å²) in [5.74, 6) is 2.08. The van der Waals surface area contributed by atoms with Gasteiger partial charge in [-0.05, 0) is 36.4 Å². The molecule has 1 aromatic carbocycles. The van der Waals surface area contributed by atoms with E-state index in [1.807, 2.05) is 24.1 Å². The molecule has 122 valence electrons. The molecule has 0 radical (unpaired) electrons. The number of rotatable bonds is 7. The maximum absolute atomic E-state index is 10.6. The molecule has 0 unspecified atom stereocenters. The second-order valence-corrected chi connectivity index (χ2v) is 5.21. The normalized spacial score (nSPS) is 10.4. The van der Waals surface area contributed by atoms with Crippen molar-refractivity contribution in [2.45, 2.75) is 0 Å². The summed E-state index contributed by atoms with van der Waals surface area (Å²) < 4.78 is 11.0. The van der Waals surface area contributed by atoms with Crippen molar-refractivity contribution in [2.75, 3.05) is 25.1 Å². The Hall–Kier alpha value is -3.15. The van der Waals surface area contributed by atoms with Gasteiger partial charge in [-0.25, -0.2) is 9.97 Å². The summed E-state index contributed by atoms with van der Waals surface area (Å²) in [5, 5.41) is 0. The Balaban J connectivity index is 1.52. The van der Waals surface area contributed by atoms with E-state index in [-0.39, 0.29) is 0 Å². The lowest BCUT2D eigenvalue weighted by atomic mass is 10.2. The van der Waals surface area contributed by atoms with Crippen LogP contribution >= 0.6 is 0 Å². The highest BCUT2D eigenvalue weighted by atomic mass is 16.5. The Morgan fingerprint density at radius 1 is 1.17 bits per heavy atom. The zero-order chi connectivity index (χ0) is 16.8. The SMILES string of the molecule is CN(CCOc1ccc(C=O)cc1)c1ncc(-c2ccco2)cn1. The van der Waals surface area contributed by atoms with Crippen LogP contribution < -0.4 is 9.64 Å². The Morgan fingerprint density at radius 3 is 2.54 bits per heavy atom. The van der Waals surface area contributed by atoms with Crippen LogP contribution in [0.3, 0.4) is 0 Å². The first-order valence-electron chi connectivity index (χ1n) is 7.51. The number of likely N-dealkylation sites (N-methyl/N-ethyl adjacent to an activating group) is 1. The first-order valence-corrected chi connectivity index (χ1v) is 7.51. The number of anilines is 1. The van der Waals surface area contributed by atoms with Gasteiger partial charge in [0.25, 0.3) is 0 Å². The molecular weight excluding hydrogens is 306 g/mol. The molecule has 2 heterocycles. The van der Waals surface area contributed by atoms with Crippen LogP contribution in [0.4, 0.5) is 5.95 Å². The minimum absolute atomic E-state index is 0.486.